The largest absolute Gasteiger partial charge is 0.379 e. The highest BCUT2D eigenvalue weighted by atomic mass is 16.7. The number of rotatable bonds is 8. The molecule has 0 aliphatic heterocycles. The fourth-order valence-corrected chi connectivity index (χ4v) is 2.09. The van der Waals surface area contributed by atoms with E-state index >= 15 is 0 Å². The van der Waals surface area contributed by atoms with Crippen LogP contribution in [-0.4, -0.2) is 32.4 Å². The van der Waals surface area contributed by atoms with Crippen LogP contribution < -0.4 is 10.8 Å². The molecule has 1 aliphatic rings. The number of hydroxylamine groups is 1. The second kappa shape index (κ2) is 9.55. The molecule has 0 aromatic carbocycles. The summed E-state index contributed by atoms with van der Waals surface area (Å²) in [4.78, 5) is 16.4. The monoisotopic (exact) mass is 282 g/mol. The summed E-state index contributed by atoms with van der Waals surface area (Å²) in [6.45, 7) is 10.0. The minimum Gasteiger partial charge on any atom is -0.379 e. The van der Waals surface area contributed by atoms with E-state index in [0.717, 1.165) is 19.3 Å². The number of nitrogens with one attached hydrogen (secondary N) is 2. The summed E-state index contributed by atoms with van der Waals surface area (Å²) in [6.07, 6.45) is 5.37. The zero-order valence-electron chi connectivity index (χ0n) is 12.5. The van der Waals surface area contributed by atoms with Gasteiger partial charge in [0.05, 0.1) is 13.2 Å². The smallest absolute Gasteiger partial charge is 0.338 e. The van der Waals surface area contributed by atoms with Gasteiger partial charge in [-0.3, -0.25) is 4.84 Å². The molecule has 0 aromatic heterocycles. The van der Waals surface area contributed by atoms with Crippen LogP contribution in [0.4, 0.5) is 4.79 Å². The molecular formula is C15H26N2O3. The highest BCUT2D eigenvalue weighted by molar-refractivity contribution is 5.72. The molecule has 0 unspecified atom stereocenters. The Hall–Kier alpha value is -1.33. The normalized spacial score (nSPS) is 18.3. The highest BCUT2D eigenvalue weighted by Crippen LogP contribution is 2.27. The lowest BCUT2D eigenvalue weighted by molar-refractivity contribution is 0.0139. The van der Waals surface area contributed by atoms with E-state index in [-0.39, 0.29) is 6.03 Å². The Morgan fingerprint density at radius 3 is 2.90 bits per heavy atom. The predicted octanol–water partition coefficient (Wildman–Crippen LogP) is 2.56. The molecule has 0 spiro atoms. The first-order chi connectivity index (χ1) is 9.63. The van der Waals surface area contributed by atoms with E-state index in [1.54, 1.807) is 0 Å². The molecular weight excluding hydrogens is 256 g/mol. The molecule has 1 aliphatic carbocycles. The molecule has 0 fully saturated rings. The van der Waals surface area contributed by atoms with Crippen molar-refractivity contribution in [1.29, 1.82) is 0 Å². The van der Waals surface area contributed by atoms with Crippen LogP contribution in [0.2, 0.25) is 0 Å². The van der Waals surface area contributed by atoms with Gasteiger partial charge in [0.15, 0.2) is 0 Å². The van der Waals surface area contributed by atoms with Crippen molar-refractivity contribution in [1.82, 2.24) is 10.8 Å². The van der Waals surface area contributed by atoms with Gasteiger partial charge < -0.3 is 10.1 Å². The number of carbonyl (C=O) groups excluding carboxylic acids is 1. The number of carbonyl (C=O) groups is 1. The van der Waals surface area contributed by atoms with Crippen LogP contribution in [0.25, 0.3) is 0 Å². The number of hydrogen-bond acceptors (Lipinski definition) is 3. The van der Waals surface area contributed by atoms with Crippen LogP contribution in [0, 0.1) is 5.92 Å². The van der Waals surface area contributed by atoms with Crippen LogP contribution in [0.3, 0.4) is 0 Å². The van der Waals surface area contributed by atoms with E-state index in [4.69, 9.17) is 9.57 Å². The minimum absolute atomic E-state index is 0.315. The van der Waals surface area contributed by atoms with Gasteiger partial charge in [-0.05, 0) is 39.0 Å². The number of ether oxygens (including phenoxy) is 1. The Labute approximate surface area is 121 Å². The lowest BCUT2D eigenvalue weighted by Gasteiger charge is -2.22. The summed E-state index contributed by atoms with van der Waals surface area (Å²) in [5.74, 6) is 0.592. The molecule has 2 N–H and O–H groups in total. The Morgan fingerprint density at radius 1 is 1.50 bits per heavy atom. The average Bonchev–Trinajstić information content (AvgIpc) is 2.45. The first kappa shape index (κ1) is 16.7. The molecule has 5 nitrogen and oxygen atoms in total. The zero-order valence-corrected chi connectivity index (χ0v) is 12.5. The topological polar surface area (TPSA) is 59.6 Å². The minimum atomic E-state index is -0.315. The average molecular weight is 282 g/mol. The first-order valence-electron chi connectivity index (χ1n) is 7.20. The number of urea groups is 1. The van der Waals surface area contributed by atoms with Crippen LogP contribution in [0.5, 0.6) is 0 Å². The first-order valence-corrected chi connectivity index (χ1v) is 7.20. The van der Waals surface area contributed by atoms with E-state index in [1.165, 1.54) is 11.1 Å². The molecule has 2 amide bonds. The van der Waals surface area contributed by atoms with Gasteiger partial charge >= 0.3 is 6.03 Å². The van der Waals surface area contributed by atoms with Crippen molar-refractivity contribution in [3.63, 3.8) is 0 Å². The van der Waals surface area contributed by atoms with Gasteiger partial charge in [-0.2, -0.15) is 0 Å². The van der Waals surface area contributed by atoms with Gasteiger partial charge in [0.2, 0.25) is 0 Å². The van der Waals surface area contributed by atoms with Gasteiger partial charge in [0.25, 0.3) is 0 Å². The van der Waals surface area contributed by atoms with Crippen LogP contribution in [-0.2, 0) is 9.57 Å². The molecule has 1 rings (SSSR count). The molecule has 20 heavy (non-hydrogen) atoms. The van der Waals surface area contributed by atoms with Crippen LogP contribution >= 0.6 is 0 Å². The summed E-state index contributed by atoms with van der Waals surface area (Å²) in [6, 6.07) is -0.315. The number of allylic oxidation sites excluding steroid dienone is 2. The van der Waals surface area contributed by atoms with Gasteiger partial charge in [-0.15, -0.1) is 0 Å². The fraction of sp³-hybridized carbons (Fsp3) is 0.667. The molecule has 5 heteroatoms. The van der Waals surface area contributed by atoms with Crippen molar-refractivity contribution in [3.05, 3.63) is 23.8 Å². The van der Waals surface area contributed by atoms with Crippen LogP contribution in [0.15, 0.2) is 23.8 Å². The summed E-state index contributed by atoms with van der Waals surface area (Å²) in [5.41, 5.74) is 4.85. The third-order valence-corrected chi connectivity index (χ3v) is 3.38. The van der Waals surface area contributed by atoms with Crippen molar-refractivity contribution in [2.45, 2.75) is 33.1 Å². The summed E-state index contributed by atoms with van der Waals surface area (Å²) >= 11 is 0. The van der Waals surface area contributed by atoms with Crippen molar-refractivity contribution in [3.8, 4) is 0 Å². The van der Waals surface area contributed by atoms with Gasteiger partial charge in [-0.25, -0.2) is 10.3 Å². The SMILES string of the molecule is C=C(C)[C@@H]1CC=C(CNC(=O)NOCCOCC)CC1. The third kappa shape index (κ3) is 6.73. The summed E-state index contributed by atoms with van der Waals surface area (Å²) in [5, 5.41) is 2.78. The molecule has 0 saturated carbocycles. The molecule has 1 atom stereocenters. The molecule has 0 heterocycles. The number of hydrogen-bond donors (Lipinski definition) is 2. The van der Waals surface area contributed by atoms with Gasteiger partial charge in [-0.1, -0.05) is 23.8 Å². The molecule has 0 saturated heterocycles. The van der Waals surface area contributed by atoms with Gasteiger partial charge in [0, 0.05) is 13.2 Å². The molecule has 0 radical (unpaired) electrons. The van der Waals surface area contributed by atoms with E-state index in [2.05, 4.69) is 30.4 Å². The Balaban J connectivity index is 2.11. The van der Waals surface area contributed by atoms with Crippen molar-refractivity contribution < 1.29 is 14.4 Å². The maximum Gasteiger partial charge on any atom is 0.338 e. The fourth-order valence-electron chi connectivity index (χ4n) is 2.09. The lowest BCUT2D eigenvalue weighted by atomic mass is 9.85. The van der Waals surface area contributed by atoms with Crippen LogP contribution in [0.1, 0.15) is 33.1 Å². The quantitative estimate of drug-likeness (QED) is 0.408. The predicted molar refractivity (Wildman–Crippen MR) is 79.2 cm³/mol. The van der Waals surface area contributed by atoms with E-state index < -0.39 is 0 Å². The Bertz CT molecular complexity index is 353. The highest BCUT2D eigenvalue weighted by Gasteiger charge is 2.15. The third-order valence-electron chi connectivity index (χ3n) is 3.38. The van der Waals surface area contributed by atoms with E-state index in [9.17, 15) is 4.79 Å². The Kier molecular flexibility index (Phi) is 7.99. The van der Waals surface area contributed by atoms with Gasteiger partial charge in [0.1, 0.15) is 0 Å². The van der Waals surface area contributed by atoms with Crippen molar-refractivity contribution >= 4 is 6.03 Å². The van der Waals surface area contributed by atoms with Crippen molar-refractivity contribution in [2.75, 3.05) is 26.4 Å². The summed E-state index contributed by atoms with van der Waals surface area (Å²) in [7, 11) is 0. The Morgan fingerprint density at radius 2 is 2.30 bits per heavy atom. The van der Waals surface area contributed by atoms with E-state index in [1.807, 2.05) is 6.92 Å². The molecule has 114 valence electrons. The van der Waals surface area contributed by atoms with E-state index in [0.29, 0.717) is 32.3 Å². The molecule has 0 bridgehead atoms. The second-order valence-electron chi connectivity index (χ2n) is 5.01. The maximum absolute atomic E-state index is 11.5. The standard InChI is InChI=1S/C15H26N2O3/c1-4-19-9-10-20-17-15(18)16-11-13-5-7-14(8-6-13)12(2)3/h5,14H,2,4,6-11H2,1,3H3,(H2,16,17,18)/t14-/m1/s1. The second-order valence-corrected chi connectivity index (χ2v) is 5.01. The zero-order chi connectivity index (χ0) is 14.8. The molecule has 0 aromatic rings. The number of amides is 2. The summed E-state index contributed by atoms with van der Waals surface area (Å²) < 4.78 is 5.09. The van der Waals surface area contributed by atoms with Crippen molar-refractivity contribution in [2.24, 2.45) is 5.92 Å². The maximum atomic E-state index is 11.5. The lowest BCUT2D eigenvalue weighted by Crippen LogP contribution is -2.37.